The van der Waals surface area contributed by atoms with Crippen molar-refractivity contribution >= 4 is 21.6 Å². The second-order valence-corrected chi connectivity index (χ2v) is 6.84. The van der Waals surface area contributed by atoms with Gasteiger partial charge in [-0.1, -0.05) is 23.8 Å². The molecule has 1 aromatic carbocycles. The Bertz CT molecular complexity index is 616. The van der Waals surface area contributed by atoms with Gasteiger partial charge in [0.25, 0.3) is 0 Å². The Hall–Kier alpha value is -1.69. The van der Waals surface area contributed by atoms with Crippen LogP contribution in [0.2, 0.25) is 0 Å². The molecular weight excluding hydrogens is 280 g/mol. The van der Waals surface area contributed by atoms with Crippen LogP contribution in [0.4, 0.5) is 0 Å². The normalized spacial score (nSPS) is 11.2. The molecule has 0 N–H and O–H groups in total. The molecule has 0 spiro atoms. The Morgan fingerprint density at radius 2 is 1.85 bits per heavy atom. The predicted octanol–water partition coefficient (Wildman–Crippen LogP) is 1.46. The van der Waals surface area contributed by atoms with Crippen molar-refractivity contribution < 1.29 is 22.7 Å². The van der Waals surface area contributed by atoms with Gasteiger partial charge in [-0.3, -0.25) is 9.59 Å². The van der Waals surface area contributed by atoms with Crippen LogP contribution in [-0.4, -0.2) is 38.8 Å². The van der Waals surface area contributed by atoms with Crippen LogP contribution in [-0.2, 0) is 19.4 Å². The molecule has 0 heterocycles. The Morgan fingerprint density at radius 1 is 1.20 bits per heavy atom. The molecule has 5 nitrogen and oxygen atoms in total. The molecule has 110 valence electrons. The van der Waals surface area contributed by atoms with E-state index in [0.717, 1.165) is 11.1 Å². The van der Waals surface area contributed by atoms with Gasteiger partial charge in [-0.25, -0.2) is 8.42 Å². The van der Waals surface area contributed by atoms with Gasteiger partial charge in [0.1, 0.15) is 5.75 Å². The first-order valence-corrected chi connectivity index (χ1v) is 7.95. The lowest BCUT2D eigenvalue weighted by Crippen LogP contribution is -2.21. The van der Waals surface area contributed by atoms with E-state index in [2.05, 4.69) is 4.74 Å². The predicted molar refractivity (Wildman–Crippen MR) is 75.5 cm³/mol. The van der Waals surface area contributed by atoms with Crippen LogP contribution in [0.25, 0.3) is 0 Å². The van der Waals surface area contributed by atoms with Gasteiger partial charge in [0, 0.05) is 5.56 Å². The number of hydrogen-bond acceptors (Lipinski definition) is 5. The first kappa shape index (κ1) is 16.4. The number of carbonyl (C=O) groups excluding carboxylic acids is 2. The monoisotopic (exact) mass is 298 g/mol. The maximum absolute atomic E-state index is 12.0. The Balaban J connectivity index is 2.76. The molecular formula is C14H18O5S. The molecule has 0 fully saturated rings. The van der Waals surface area contributed by atoms with Crippen LogP contribution < -0.4 is 0 Å². The molecule has 0 aliphatic carbocycles. The zero-order valence-corrected chi connectivity index (χ0v) is 12.6. The van der Waals surface area contributed by atoms with Gasteiger partial charge in [0.05, 0.1) is 19.3 Å². The largest absolute Gasteiger partial charge is 0.469 e. The minimum absolute atomic E-state index is 0.237. The van der Waals surface area contributed by atoms with Gasteiger partial charge in [0.15, 0.2) is 15.6 Å². The van der Waals surface area contributed by atoms with E-state index >= 15 is 0 Å². The maximum Gasteiger partial charge on any atom is 0.306 e. The van der Waals surface area contributed by atoms with Gasteiger partial charge < -0.3 is 4.74 Å². The number of carbonyl (C=O) groups is 2. The third kappa shape index (κ3) is 4.77. The van der Waals surface area contributed by atoms with E-state index in [0.29, 0.717) is 5.56 Å². The summed E-state index contributed by atoms with van der Waals surface area (Å²) in [7, 11) is -2.42. The third-order valence-electron chi connectivity index (χ3n) is 2.88. The number of methoxy groups -OCH3 is 1. The second kappa shape index (κ2) is 6.65. The lowest BCUT2D eigenvalue weighted by Gasteiger charge is -2.07. The van der Waals surface area contributed by atoms with Crippen LogP contribution in [0, 0.1) is 13.8 Å². The maximum atomic E-state index is 12.0. The quantitative estimate of drug-likeness (QED) is 0.587. The SMILES string of the molecule is COC(=O)CCS(=O)(=O)CC(=O)c1ccc(C)cc1C. The van der Waals surface area contributed by atoms with E-state index in [1.807, 2.05) is 13.0 Å². The topological polar surface area (TPSA) is 77.5 Å². The van der Waals surface area contributed by atoms with Crippen LogP contribution in [0.3, 0.4) is 0 Å². The number of Topliss-reactive ketones (excluding diaryl/α,β-unsaturated/α-hetero) is 1. The Kier molecular flexibility index (Phi) is 5.44. The standard InChI is InChI=1S/C14H18O5S/c1-10-4-5-12(11(2)8-10)13(15)9-20(17,18)7-6-14(16)19-3/h4-5,8H,6-7,9H2,1-3H3. The van der Waals surface area contributed by atoms with Gasteiger partial charge in [-0.05, 0) is 19.4 Å². The third-order valence-corrected chi connectivity index (χ3v) is 4.41. The summed E-state index contributed by atoms with van der Waals surface area (Å²) in [5.41, 5.74) is 2.16. The molecule has 0 bridgehead atoms. The number of benzene rings is 1. The van der Waals surface area contributed by atoms with Crippen molar-refractivity contribution in [2.75, 3.05) is 18.6 Å². The number of ketones is 1. The molecule has 0 atom stereocenters. The lowest BCUT2D eigenvalue weighted by atomic mass is 10.0. The van der Waals surface area contributed by atoms with E-state index in [-0.39, 0.29) is 12.2 Å². The average Bonchev–Trinajstić information content (AvgIpc) is 2.35. The molecule has 1 aromatic rings. The van der Waals surface area contributed by atoms with E-state index in [1.54, 1.807) is 19.1 Å². The van der Waals surface area contributed by atoms with Crippen molar-refractivity contribution in [2.24, 2.45) is 0 Å². The average molecular weight is 298 g/mol. The summed E-state index contributed by atoms with van der Waals surface area (Å²) >= 11 is 0. The molecule has 0 unspecified atom stereocenters. The number of sulfone groups is 1. The van der Waals surface area contributed by atoms with Gasteiger partial charge in [-0.15, -0.1) is 0 Å². The van der Waals surface area contributed by atoms with E-state index in [1.165, 1.54) is 7.11 Å². The second-order valence-electron chi connectivity index (χ2n) is 4.66. The molecule has 0 aliphatic heterocycles. The molecule has 0 radical (unpaired) electrons. The first-order chi connectivity index (χ1) is 9.25. The van der Waals surface area contributed by atoms with Crippen molar-refractivity contribution in [1.29, 1.82) is 0 Å². The molecule has 6 heteroatoms. The van der Waals surface area contributed by atoms with Crippen molar-refractivity contribution in [2.45, 2.75) is 20.3 Å². The fraction of sp³-hybridized carbons (Fsp3) is 0.429. The minimum atomic E-state index is -3.61. The highest BCUT2D eigenvalue weighted by Crippen LogP contribution is 2.12. The minimum Gasteiger partial charge on any atom is -0.469 e. The lowest BCUT2D eigenvalue weighted by molar-refractivity contribution is -0.140. The van der Waals surface area contributed by atoms with Crippen LogP contribution in [0.1, 0.15) is 27.9 Å². The Labute approximate surface area is 118 Å². The van der Waals surface area contributed by atoms with Crippen LogP contribution in [0.15, 0.2) is 18.2 Å². The van der Waals surface area contributed by atoms with Crippen molar-refractivity contribution in [1.82, 2.24) is 0 Å². The van der Waals surface area contributed by atoms with Crippen LogP contribution in [0.5, 0.6) is 0 Å². The number of hydrogen-bond donors (Lipinski definition) is 0. The highest BCUT2D eigenvalue weighted by atomic mass is 32.2. The highest BCUT2D eigenvalue weighted by molar-refractivity contribution is 7.92. The van der Waals surface area contributed by atoms with E-state index in [9.17, 15) is 18.0 Å². The molecule has 0 aliphatic rings. The highest BCUT2D eigenvalue weighted by Gasteiger charge is 2.20. The van der Waals surface area contributed by atoms with Crippen molar-refractivity contribution in [3.63, 3.8) is 0 Å². The van der Waals surface area contributed by atoms with E-state index < -0.39 is 27.3 Å². The number of esters is 1. The summed E-state index contributed by atoms with van der Waals surface area (Å²) < 4.78 is 27.9. The summed E-state index contributed by atoms with van der Waals surface area (Å²) in [6.45, 7) is 3.66. The number of ether oxygens (including phenoxy) is 1. The van der Waals surface area contributed by atoms with Gasteiger partial charge >= 0.3 is 5.97 Å². The molecule has 1 rings (SSSR count). The fourth-order valence-corrected chi connectivity index (χ4v) is 2.99. The summed E-state index contributed by atoms with van der Waals surface area (Å²) in [5.74, 6) is -2.02. The molecule has 20 heavy (non-hydrogen) atoms. The summed E-state index contributed by atoms with van der Waals surface area (Å²) in [4.78, 5) is 22.9. The summed E-state index contributed by atoms with van der Waals surface area (Å²) in [5, 5.41) is 0. The zero-order valence-electron chi connectivity index (χ0n) is 11.8. The zero-order chi connectivity index (χ0) is 15.3. The first-order valence-electron chi connectivity index (χ1n) is 6.13. The molecule has 0 saturated carbocycles. The van der Waals surface area contributed by atoms with Gasteiger partial charge in [0.2, 0.25) is 0 Å². The van der Waals surface area contributed by atoms with E-state index in [4.69, 9.17) is 0 Å². The van der Waals surface area contributed by atoms with Crippen molar-refractivity contribution in [3.8, 4) is 0 Å². The summed E-state index contributed by atoms with van der Waals surface area (Å²) in [6.07, 6.45) is -0.237. The number of rotatable bonds is 6. The molecule has 0 aromatic heterocycles. The Morgan fingerprint density at radius 3 is 2.40 bits per heavy atom. The summed E-state index contributed by atoms with van der Waals surface area (Å²) in [6, 6.07) is 5.22. The molecule has 0 saturated heterocycles. The van der Waals surface area contributed by atoms with Crippen LogP contribution >= 0.6 is 0 Å². The fourth-order valence-electron chi connectivity index (χ4n) is 1.82. The smallest absolute Gasteiger partial charge is 0.306 e. The molecule has 0 amide bonds. The van der Waals surface area contributed by atoms with Gasteiger partial charge in [-0.2, -0.15) is 0 Å². The van der Waals surface area contributed by atoms with Crippen molar-refractivity contribution in [3.05, 3.63) is 34.9 Å². The number of aryl methyl sites for hydroxylation is 2.